The first-order valence-electron chi connectivity index (χ1n) is 5.90. The molecule has 0 aliphatic heterocycles. The predicted molar refractivity (Wildman–Crippen MR) is 68.0 cm³/mol. The molecule has 4 heteroatoms. The maximum Gasteiger partial charge on any atom is 0.224 e. The Balaban J connectivity index is 2.79. The molecule has 0 aliphatic carbocycles. The Labute approximate surface area is 107 Å². The quantitative estimate of drug-likeness (QED) is 0.876. The standard InChI is InChI=1S/C14H19NO3/c1-14(2,3)10-6-4-5-7-11(10)15-12(16)8-9-13(17)18/h4-7H,8-9H2,1-3H3,(H,15,16)(H,17,18)/p-1. The molecule has 0 fully saturated rings. The van der Waals surface area contributed by atoms with E-state index in [0.29, 0.717) is 0 Å². The highest BCUT2D eigenvalue weighted by Gasteiger charge is 2.18. The second kappa shape index (κ2) is 5.67. The number of carbonyl (C=O) groups is 2. The van der Waals surface area contributed by atoms with Crippen molar-refractivity contribution in [1.29, 1.82) is 0 Å². The molecule has 98 valence electrons. The molecule has 1 aromatic rings. The van der Waals surface area contributed by atoms with Crippen molar-refractivity contribution >= 4 is 17.6 Å². The minimum absolute atomic E-state index is 0.0686. The van der Waals surface area contributed by atoms with Crippen LogP contribution < -0.4 is 10.4 Å². The van der Waals surface area contributed by atoms with Gasteiger partial charge in [0.1, 0.15) is 0 Å². The fourth-order valence-corrected chi connectivity index (χ4v) is 1.67. The molecule has 0 aromatic heterocycles. The van der Waals surface area contributed by atoms with Crippen molar-refractivity contribution in [2.75, 3.05) is 5.32 Å². The van der Waals surface area contributed by atoms with Crippen molar-refractivity contribution in [2.24, 2.45) is 0 Å². The fraction of sp³-hybridized carbons (Fsp3) is 0.429. The number of anilines is 1. The van der Waals surface area contributed by atoms with Crippen LogP contribution in [-0.4, -0.2) is 11.9 Å². The Hall–Kier alpha value is -1.84. The minimum Gasteiger partial charge on any atom is -0.550 e. The summed E-state index contributed by atoms with van der Waals surface area (Å²) in [6, 6.07) is 7.52. The van der Waals surface area contributed by atoms with Gasteiger partial charge in [-0.15, -0.1) is 0 Å². The Kier molecular flexibility index (Phi) is 4.48. The lowest BCUT2D eigenvalue weighted by molar-refractivity contribution is -0.305. The lowest BCUT2D eigenvalue weighted by Crippen LogP contribution is -2.25. The molecule has 18 heavy (non-hydrogen) atoms. The van der Waals surface area contributed by atoms with Crippen molar-refractivity contribution in [3.8, 4) is 0 Å². The topological polar surface area (TPSA) is 69.2 Å². The van der Waals surface area contributed by atoms with Gasteiger partial charge in [-0.05, 0) is 23.5 Å². The highest BCUT2D eigenvalue weighted by Crippen LogP contribution is 2.29. The van der Waals surface area contributed by atoms with Gasteiger partial charge in [0.2, 0.25) is 5.91 Å². The van der Waals surface area contributed by atoms with Crippen LogP contribution in [0.15, 0.2) is 24.3 Å². The van der Waals surface area contributed by atoms with Crippen LogP contribution in [0, 0.1) is 0 Å². The third-order valence-electron chi connectivity index (χ3n) is 2.57. The van der Waals surface area contributed by atoms with Gasteiger partial charge in [-0.1, -0.05) is 39.0 Å². The van der Waals surface area contributed by atoms with E-state index in [2.05, 4.69) is 26.1 Å². The number of hydrogen-bond donors (Lipinski definition) is 1. The van der Waals surface area contributed by atoms with Gasteiger partial charge < -0.3 is 15.2 Å². The molecule has 0 saturated heterocycles. The Bertz CT molecular complexity index is 447. The van der Waals surface area contributed by atoms with E-state index in [4.69, 9.17) is 0 Å². The molecule has 1 amide bonds. The molecule has 1 aromatic carbocycles. The number of benzene rings is 1. The number of rotatable bonds is 4. The zero-order chi connectivity index (χ0) is 13.8. The lowest BCUT2D eigenvalue weighted by Gasteiger charge is -2.23. The summed E-state index contributed by atoms with van der Waals surface area (Å²) in [6.45, 7) is 6.16. The van der Waals surface area contributed by atoms with Gasteiger partial charge in [-0.3, -0.25) is 4.79 Å². The number of hydrogen-bond acceptors (Lipinski definition) is 3. The first kappa shape index (κ1) is 14.2. The number of aliphatic carboxylic acids is 1. The van der Waals surface area contributed by atoms with E-state index < -0.39 is 5.97 Å². The summed E-state index contributed by atoms with van der Waals surface area (Å²) in [5.74, 6) is -1.52. The van der Waals surface area contributed by atoms with Crippen LogP contribution in [0.25, 0.3) is 0 Å². The molecule has 0 bridgehead atoms. The number of para-hydroxylation sites is 1. The van der Waals surface area contributed by atoms with E-state index in [0.717, 1.165) is 11.3 Å². The third-order valence-corrected chi connectivity index (χ3v) is 2.57. The van der Waals surface area contributed by atoms with Crippen LogP contribution in [0.3, 0.4) is 0 Å². The second-order valence-electron chi connectivity index (χ2n) is 5.22. The summed E-state index contributed by atoms with van der Waals surface area (Å²) >= 11 is 0. The van der Waals surface area contributed by atoms with Crippen molar-refractivity contribution in [3.05, 3.63) is 29.8 Å². The normalized spacial score (nSPS) is 11.1. The van der Waals surface area contributed by atoms with Gasteiger partial charge in [0.25, 0.3) is 0 Å². The molecular formula is C14H18NO3-. The molecule has 1 N–H and O–H groups in total. The summed E-state index contributed by atoms with van der Waals surface area (Å²) < 4.78 is 0. The van der Waals surface area contributed by atoms with Crippen LogP contribution in [0.5, 0.6) is 0 Å². The highest BCUT2D eigenvalue weighted by atomic mass is 16.4. The molecule has 0 aliphatic rings. The zero-order valence-electron chi connectivity index (χ0n) is 10.9. The average molecular weight is 248 g/mol. The molecule has 0 saturated carbocycles. The Morgan fingerprint density at radius 2 is 1.78 bits per heavy atom. The molecule has 0 atom stereocenters. The molecule has 0 spiro atoms. The largest absolute Gasteiger partial charge is 0.550 e. The van der Waals surface area contributed by atoms with Gasteiger partial charge in [-0.25, -0.2) is 0 Å². The van der Waals surface area contributed by atoms with E-state index >= 15 is 0 Å². The number of carboxylic acid groups (broad SMARTS) is 1. The molecule has 0 unspecified atom stereocenters. The van der Waals surface area contributed by atoms with Crippen LogP contribution in [0.4, 0.5) is 5.69 Å². The van der Waals surface area contributed by atoms with Gasteiger partial charge in [-0.2, -0.15) is 0 Å². The van der Waals surface area contributed by atoms with Crippen molar-refractivity contribution in [2.45, 2.75) is 39.0 Å². The number of nitrogens with one attached hydrogen (secondary N) is 1. The number of amides is 1. The van der Waals surface area contributed by atoms with Gasteiger partial charge in [0, 0.05) is 18.1 Å². The van der Waals surface area contributed by atoms with E-state index in [-0.39, 0.29) is 24.2 Å². The maximum atomic E-state index is 11.6. The lowest BCUT2D eigenvalue weighted by atomic mass is 9.86. The molecular weight excluding hydrogens is 230 g/mol. The molecule has 0 radical (unpaired) electrons. The van der Waals surface area contributed by atoms with Crippen LogP contribution in [0.2, 0.25) is 0 Å². The minimum atomic E-state index is -1.21. The molecule has 0 heterocycles. The van der Waals surface area contributed by atoms with Crippen molar-refractivity contribution in [3.63, 3.8) is 0 Å². The molecule has 4 nitrogen and oxygen atoms in total. The molecule has 1 rings (SSSR count). The summed E-state index contributed by atoms with van der Waals surface area (Å²) in [7, 11) is 0. The Morgan fingerprint density at radius 3 is 2.33 bits per heavy atom. The monoisotopic (exact) mass is 248 g/mol. The second-order valence-corrected chi connectivity index (χ2v) is 5.22. The van der Waals surface area contributed by atoms with E-state index in [1.54, 1.807) is 0 Å². The summed E-state index contributed by atoms with van der Waals surface area (Å²) in [4.78, 5) is 21.9. The third kappa shape index (κ3) is 4.20. The van der Waals surface area contributed by atoms with E-state index in [1.165, 1.54) is 0 Å². The fourth-order valence-electron chi connectivity index (χ4n) is 1.67. The first-order chi connectivity index (χ1) is 8.30. The van der Waals surface area contributed by atoms with Crippen LogP contribution in [0.1, 0.15) is 39.2 Å². The number of carbonyl (C=O) groups excluding carboxylic acids is 2. The zero-order valence-corrected chi connectivity index (χ0v) is 10.9. The van der Waals surface area contributed by atoms with E-state index in [9.17, 15) is 14.7 Å². The van der Waals surface area contributed by atoms with Crippen molar-refractivity contribution < 1.29 is 14.7 Å². The maximum absolute atomic E-state index is 11.6. The first-order valence-corrected chi connectivity index (χ1v) is 5.90. The van der Waals surface area contributed by atoms with Gasteiger partial charge in [0.05, 0.1) is 0 Å². The summed E-state index contributed by atoms with van der Waals surface area (Å²) in [5.41, 5.74) is 1.67. The van der Waals surface area contributed by atoms with Crippen molar-refractivity contribution in [1.82, 2.24) is 0 Å². The number of carboxylic acids is 1. The average Bonchev–Trinajstić information content (AvgIpc) is 2.25. The van der Waals surface area contributed by atoms with Gasteiger partial charge in [0.15, 0.2) is 0 Å². The van der Waals surface area contributed by atoms with E-state index in [1.807, 2.05) is 24.3 Å². The predicted octanol–water partition coefficient (Wildman–Crippen LogP) is 1.45. The van der Waals surface area contributed by atoms with Crippen LogP contribution >= 0.6 is 0 Å². The smallest absolute Gasteiger partial charge is 0.224 e. The SMILES string of the molecule is CC(C)(C)c1ccccc1NC(=O)CCC(=O)[O-]. The summed E-state index contributed by atoms with van der Waals surface area (Å²) in [6.07, 6.45) is -0.329. The Morgan fingerprint density at radius 1 is 1.17 bits per heavy atom. The van der Waals surface area contributed by atoms with Crippen LogP contribution in [-0.2, 0) is 15.0 Å². The summed E-state index contributed by atoms with van der Waals surface area (Å²) in [5, 5.41) is 13.0. The van der Waals surface area contributed by atoms with Gasteiger partial charge >= 0.3 is 0 Å². The highest BCUT2D eigenvalue weighted by molar-refractivity contribution is 5.93.